The minimum atomic E-state index is -4.56. The molecule has 74 valence electrons. The van der Waals surface area contributed by atoms with Crippen LogP contribution in [0.3, 0.4) is 0 Å². The van der Waals surface area contributed by atoms with Crippen molar-refractivity contribution in [3.63, 3.8) is 0 Å². The molecule has 0 radical (unpaired) electrons. The van der Waals surface area contributed by atoms with Gasteiger partial charge in [-0.25, -0.2) is 0 Å². The van der Waals surface area contributed by atoms with Gasteiger partial charge in [0.2, 0.25) is 0 Å². The molecule has 2 N–H and O–H groups in total. The maximum absolute atomic E-state index is 11.7. The van der Waals surface area contributed by atoms with Gasteiger partial charge < -0.3 is 10.2 Å². The Labute approximate surface area is 69.0 Å². The highest BCUT2D eigenvalue weighted by Crippen LogP contribution is 2.23. The minimum Gasteiger partial charge on any atom is -0.393 e. The van der Waals surface area contributed by atoms with Gasteiger partial charge >= 0.3 is 6.18 Å². The van der Waals surface area contributed by atoms with Gasteiger partial charge in [-0.3, -0.25) is 0 Å². The summed E-state index contributed by atoms with van der Waals surface area (Å²) in [6, 6.07) is 0. The minimum absolute atomic E-state index is 0.0167. The molecule has 0 fully saturated rings. The lowest BCUT2D eigenvalue weighted by molar-refractivity contribution is -0.206. The molecule has 2 atom stereocenters. The van der Waals surface area contributed by atoms with Crippen molar-refractivity contribution in [1.82, 2.24) is 0 Å². The fraction of sp³-hybridized carbons (Fsp3) is 1.00. The van der Waals surface area contributed by atoms with Gasteiger partial charge in [0, 0.05) is 0 Å². The van der Waals surface area contributed by atoms with Crippen LogP contribution in [-0.2, 0) is 0 Å². The topological polar surface area (TPSA) is 40.5 Å². The SMILES string of the molecule is CCC(O)CCC(O)C(F)(F)F. The number of aliphatic hydroxyl groups is 2. The molecule has 0 aliphatic carbocycles. The fourth-order valence-electron chi connectivity index (χ4n) is 0.718. The molecule has 0 saturated heterocycles. The van der Waals surface area contributed by atoms with E-state index < -0.39 is 24.8 Å². The van der Waals surface area contributed by atoms with Gasteiger partial charge in [-0.2, -0.15) is 13.2 Å². The van der Waals surface area contributed by atoms with Crippen LogP contribution in [0.4, 0.5) is 13.2 Å². The Kier molecular flexibility index (Phi) is 4.55. The first-order chi connectivity index (χ1) is 5.38. The Hall–Kier alpha value is -0.290. The number of aliphatic hydroxyl groups excluding tert-OH is 2. The first-order valence-electron chi connectivity index (χ1n) is 3.80. The van der Waals surface area contributed by atoms with E-state index in [1.54, 1.807) is 6.92 Å². The van der Waals surface area contributed by atoms with Crippen molar-refractivity contribution >= 4 is 0 Å². The first-order valence-corrected chi connectivity index (χ1v) is 3.80. The first kappa shape index (κ1) is 11.7. The van der Waals surface area contributed by atoms with E-state index in [1.807, 2.05) is 0 Å². The smallest absolute Gasteiger partial charge is 0.393 e. The highest BCUT2D eigenvalue weighted by Gasteiger charge is 2.37. The maximum Gasteiger partial charge on any atom is 0.414 e. The average Bonchev–Trinajstić information content (AvgIpc) is 1.97. The van der Waals surface area contributed by atoms with Crippen LogP contribution in [0, 0.1) is 0 Å². The summed E-state index contributed by atoms with van der Waals surface area (Å²) in [5.41, 5.74) is 0. The van der Waals surface area contributed by atoms with Crippen molar-refractivity contribution in [2.45, 2.75) is 44.6 Å². The summed E-state index contributed by atoms with van der Waals surface area (Å²) in [5, 5.41) is 17.4. The lowest BCUT2D eigenvalue weighted by atomic mass is 10.1. The van der Waals surface area contributed by atoms with E-state index in [2.05, 4.69) is 0 Å². The maximum atomic E-state index is 11.7. The highest BCUT2D eigenvalue weighted by molar-refractivity contribution is 4.67. The molecule has 2 unspecified atom stereocenters. The Balaban J connectivity index is 3.64. The number of rotatable bonds is 4. The zero-order valence-electron chi connectivity index (χ0n) is 6.80. The van der Waals surface area contributed by atoms with Gasteiger partial charge in [0.15, 0.2) is 0 Å². The molecule has 0 saturated carbocycles. The fourth-order valence-corrected chi connectivity index (χ4v) is 0.718. The monoisotopic (exact) mass is 186 g/mol. The van der Waals surface area contributed by atoms with E-state index in [9.17, 15) is 13.2 Å². The third-order valence-electron chi connectivity index (χ3n) is 1.62. The van der Waals surface area contributed by atoms with Crippen LogP contribution < -0.4 is 0 Å². The van der Waals surface area contributed by atoms with E-state index in [1.165, 1.54) is 0 Å². The number of alkyl halides is 3. The van der Waals surface area contributed by atoms with E-state index in [-0.39, 0.29) is 6.42 Å². The van der Waals surface area contributed by atoms with Crippen LogP contribution in [-0.4, -0.2) is 28.6 Å². The molecular formula is C7H13F3O2. The van der Waals surface area contributed by atoms with Crippen LogP contribution in [0.15, 0.2) is 0 Å². The second-order valence-electron chi connectivity index (χ2n) is 2.70. The molecule has 0 amide bonds. The van der Waals surface area contributed by atoms with Gasteiger partial charge in [-0.05, 0) is 19.3 Å². The number of hydrogen-bond acceptors (Lipinski definition) is 2. The summed E-state index contributed by atoms with van der Waals surface area (Å²) < 4.78 is 35.0. The van der Waals surface area contributed by atoms with Crippen LogP contribution in [0.5, 0.6) is 0 Å². The molecule has 0 aliphatic heterocycles. The molecule has 5 heteroatoms. The summed E-state index contributed by atoms with van der Waals surface area (Å²) in [7, 11) is 0. The highest BCUT2D eigenvalue weighted by atomic mass is 19.4. The average molecular weight is 186 g/mol. The molecular weight excluding hydrogens is 173 g/mol. The van der Waals surface area contributed by atoms with Crippen molar-refractivity contribution in [1.29, 1.82) is 0 Å². The van der Waals surface area contributed by atoms with Crippen LogP contribution in [0.2, 0.25) is 0 Å². The second kappa shape index (κ2) is 4.67. The Morgan fingerprint density at radius 3 is 2.00 bits per heavy atom. The zero-order valence-corrected chi connectivity index (χ0v) is 6.80. The van der Waals surface area contributed by atoms with Gasteiger partial charge in [-0.1, -0.05) is 6.92 Å². The van der Waals surface area contributed by atoms with Gasteiger partial charge in [0.25, 0.3) is 0 Å². The quantitative estimate of drug-likeness (QED) is 0.697. The van der Waals surface area contributed by atoms with E-state index >= 15 is 0 Å². The van der Waals surface area contributed by atoms with Crippen LogP contribution >= 0.6 is 0 Å². The lowest BCUT2D eigenvalue weighted by Gasteiger charge is -2.15. The van der Waals surface area contributed by atoms with Crippen molar-refractivity contribution < 1.29 is 23.4 Å². The third-order valence-corrected chi connectivity index (χ3v) is 1.62. The van der Waals surface area contributed by atoms with E-state index in [4.69, 9.17) is 10.2 Å². The molecule has 0 rings (SSSR count). The predicted molar refractivity (Wildman–Crippen MR) is 37.6 cm³/mol. The van der Waals surface area contributed by atoms with Crippen LogP contribution in [0.1, 0.15) is 26.2 Å². The molecule has 0 spiro atoms. The Morgan fingerprint density at radius 1 is 1.17 bits per heavy atom. The molecule has 0 bridgehead atoms. The van der Waals surface area contributed by atoms with Gasteiger partial charge in [0.05, 0.1) is 6.10 Å². The predicted octanol–water partition coefficient (Wildman–Crippen LogP) is 1.46. The van der Waals surface area contributed by atoms with Crippen molar-refractivity contribution in [3.8, 4) is 0 Å². The van der Waals surface area contributed by atoms with Crippen molar-refractivity contribution in [2.75, 3.05) is 0 Å². The molecule has 2 nitrogen and oxygen atoms in total. The molecule has 0 aromatic carbocycles. The summed E-state index contributed by atoms with van der Waals surface area (Å²) in [5.74, 6) is 0. The van der Waals surface area contributed by atoms with E-state index in [0.717, 1.165) is 0 Å². The van der Waals surface area contributed by atoms with Crippen molar-refractivity contribution in [3.05, 3.63) is 0 Å². The molecule has 0 heterocycles. The second-order valence-corrected chi connectivity index (χ2v) is 2.70. The van der Waals surface area contributed by atoms with Crippen molar-refractivity contribution in [2.24, 2.45) is 0 Å². The Bertz CT molecular complexity index is 124. The van der Waals surface area contributed by atoms with Gasteiger partial charge in [0.1, 0.15) is 6.10 Å². The summed E-state index contributed by atoms with van der Waals surface area (Å²) in [4.78, 5) is 0. The number of halogens is 3. The molecule has 0 aliphatic rings. The molecule has 0 aromatic heterocycles. The Morgan fingerprint density at radius 2 is 1.67 bits per heavy atom. The normalized spacial score (nSPS) is 17.5. The molecule has 0 aromatic rings. The standard InChI is InChI=1S/C7H13F3O2/c1-2-5(11)3-4-6(12)7(8,9)10/h5-6,11-12H,2-4H2,1H3. The summed E-state index contributed by atoms with van der Waals surface area (Å²) >= 11 is 0. The van der Waals surface area contributed by atoms with E-state index in [0.29, 0.717) is 6.42 Å². The van der Waals surface area contributed by atoms with Gasteiger partial charge in [-0.15, -0.1) is 0 Å². The summed E-state index contributed by atoms with van der Waals surface area (Å²) in [6.45, 7) is 1.67. The molecule has 12 heavy (non-hydrogen) atoms. The summed E-state index contributed by atoms with van der Waals surface area (Å²) in [6.07, 6.45) is -7.66. The zero-order chi connectivity index (χ0) is 9.78. The lowest BCUT2D eigenvalue weighted by Crippen LogP contribution is -2.29. The number of hydrogen-bond donors (Lipinski definition) is 2. The third kappa shape index (κ3) is 4.56. The van der Waals surface area contributed by atoms with Crippen LogP contribution in [0.25, 0.3) is 0 Å². The largest absolute Gasteiger partial charge is 0.414 e.